The van der Waals surface area contributed by atoms with Crippen molar-refractivity contribution in [1.82, 2.24) is 34.4 Å². The molecule has 4 aromatic rings. The van der Waals surface area contributed by atoms with Gasteiger partial charge in [0.2, 0.25) is 0 Å². The van der Waals surface area contributed by atoms with Crippen molar-refractivity contribution >= 4 is 5.91 Å². The van der Waals surface area contributed by atoms with Gasteiger partial charge in [0.05, 0.1) is 6.54 Å². The van der Waals surface area contributed by atoms with Crippen LogP contribution < -0.4 is 0 Å². The van der Waals surface area contributed by atoms with Gasteiger partial charge in [-0.25, -0.2) is 0 Å². The van der Waals surface area contributed by atoms with E-state index in [1.54, 1.807) is 24.7 Å². The Morgan fingerprint density at radius 2 is 1.90 bits per heavy atom. The van der Waals surface area contributed by atoms with Crippen LogP contribution in [-0.4, -0.2) is 46.9 Å². The van der Waals surface area contributed by atoms with Crippen LogP contribution in [-0.2, 0) is 20.0 Å². The maximum atomic E-state index is 12.9. The van der Waals surface area contributed by atoms with Crippen molar-refractivity contribution in [2.45, 2.75) is 13.0 Å². The fourth-order valence-corrected chi connectivity index (χ4v) is 3.77. The smallest absolute Gasteiger partial charge is 0.272 e. The first-order valence-electron chi connectivity index (χ1n) is 9.43. The molecule has 0 fully saturated rings. The average Bonchev–Trinajstić information content (AvgIpc) is 3.39. The highest BCUT2D eigenvalue weighted by molar-refractivity contribution is 5.92. The third-order valence-corrected chi connectivity index (χ3v) is 5.21. The first kappa shape index (κ1) is 17.3. The van der Waals surface area contributed by atoms with Crippen LogP contribution in [0.4, 0.5) is 0 Å². The van der Waals surface area contributed by atoms with Crippen molar-refractivity contribution in [3.8, 4) is 17.2 Å². The Bertz CT molecular complexity index is 1160. The number of benzene rings is 1. The molecule has 5 rings (SSSR count). The molecule has 0 spiro atoms. The van der Waals surface area contributed by atoms with Crippen LogP contribution in [0.1, 0.15) is 21.7 Å². The van der Waals surface area contributed by atoms with Crippen molar-refractivity contribution in [1.29, 1.82) is 0 Å². The van der Waals surface area contributed by atoms with Gasteiger partial charge in [0.15, 0.2) is 5.82 Å². The summed E-state index contributed by atoms with van der Waals surface area (Å²) >= 11 is 0. The lowest BCUT2D eigenvalue weighted by molar-refractivity contribution is 0.0727. The van der Waals surface area contributed by atoms with Crippen LogP contribution in [0.5, 0.6) is 0 Å². The number of hydrogen-bond donors (Lipinski definition) is 0. The summed E-state index contributed by atoms with van der Waals surface area (Å²) in [4.78, 5) is 18.9. The Hall–Kier alpha value is -3.81. The number of carbonyl (C=O) groups excluding carboxylic acids is 1. The van der Waals surface area contributed by atoms with Crippen LogP contribution >= 0.6 is 0 Å². The van der Waals surface area contributed by atoms with E-state index in [0.29, 0.717) is 24.6 Å². The molecular formula is C21H19N7O. The van der Waals surface area contributed by atoms with Gasteiger partial charge in [-0.15, -0.1) is 10.2 Å². The van der Waals surface area contributed by atoms with Gasteiger partial charge in [0.25, 0.3) is 5.91 Å². The molecule has 8 nitrogen and oxygen atoms in total. The predicted molar refractivity (Wildman–Crippen MR) is 106 cm³/mol. The van der Waals surface area contributed by atoms with Gasteiger partial charge < -0.3 is 4.90 Å². The van der Waals surface area contributed by atoms with E-state index in [1.165, 1.54) is 0 Å². The highest BCUT2D eigenvalue weighted by Gasteiger charge is 2.30. The summed E-state index contributed by atoms with van der Waals surface area (Å²) in [6.07, 6.45) is 4.06. The summed E-state index contributed by atoms with van der Waals surface area (Å²) in [5.74, 6) is 0.593. The fourth-order valence-electron chi connectivity index (χ4n) is 3.77. The SMILES string of the molecule is Cn1nc(-c2nncn2-c2ccccc2)c2c1CCN(C(=O)c1ccccn1)C2. The quantitative estimate of drug-likeness (QED) is 0.540. The molecule has 1 aliphatic rings. The van der Waals surface area contributed by atoms with E-state index in [0.717, 1.165) is 29.1 Å². The standard InChI is InChI=1S/C21H19N7O/c1-26-18-10-12-27(21(29)17-9-5-6-11-22-17)13-16(18)19(25-26)20-24-23-14-28(20)15-7-3-2-4-8-15/h2-9,11,14H,10,12-13H2,1H3. The van der Waals surface area contributed by atoms with Crippen molar-refractivity contribution < 1.29 is 4.79 Å². The Morgan fingerprint density at radius 3 is 2.69 bits per heavy atom. The molecule has 0 saturated heterocycles. The lowest BCUT2D eigenvalue weighted by Crippen LogP contribution is -2.36. The fraction of sp³-hybridized carbons (Fsp3) is 0.190. The Balaban J connectivity index is 1.53. The number of aromatic nitrogens is 6. The highest BCUT2D eigenvalue weighted by atomic mass is 16.2. The van der Waals surface area contributed by atoms with Gasteiger partial charge in [-0.05, 0) is 24.3 Å². The molecule has 8 heteroatoms. The minimum absolute atomic E-state index is 0.0735. The average molecular weight is 385 g/mol. The van der Waals surface area contributed by atoms with Crippen LogP contribution in [0, 0.1) is 0 Å². The summed E-state index contributed by atoms with van der Waals surface area (Å²) in [6.45, 7) is 1.10. The molecule has 29 heavy (non-hydrogen) atoms. The van der Waals surface area contributed by atoms with Crippen molar-refractivity contribution in [2.75, 3.05) is 6.54 Å². The van der Waals surface area contributed by atoms with Crippen LogP contribution in [0.2, 0.25) is 0 Å². The van der Waals surface area contributed by atoms with E-state index in [-0.39, 0.29) is 5.91 Å². The largest absolute Gasteiger partial charge is 0.332 e. The zero-order chi connectivity index (χ0) is 19.8. The van der Waals surface area contributed by atoms with Gasteiger partial charge in [0.1, 0.15) is 17.7 Å². The summed E-state index contributed by atoms with van der Waals surface area (Å²) in [5.41, 5.74) is 4.29. The molecule has 1 amide bonds. The van der Waals surface area contributed by atoms with E-state index in [2.05, 4.69) is 15.2 Å². The third kappa shape index (κ3) is 2.98. The monoisotopic (exact) mass is 385 g/mol. The first-order valence-corrected chi connectivity index (χ1v) is 9.43. The number of amides is 1. The second-order valence-corrected chi connectivity index (χ2v) is 6.95. The van der Waals surface area contributed by atoms with Gasteiger partial charge in [-0.2, -0.15) is 5.10 Å². The summed E-state index contributed by atoms with van der Waals surface area (Å²) in [6, 6.07) is 15.3. The second kappa shape index (κ2) is 6.97. The summed E-state index contributed by atoms with van der Waals surface area (Å²) in [7, 11) is 1.93. The van der Waals surface area contributed by atoms with E-state index < -0.39 is 0 Å². The van der Waals surface area contributed by atoms with Gasteiger partial charge in [0, 0.05) is 43.2 Å². The number of aryl methyl sites for hydroxylation is 1. The first-order chi connectivity index (χ1) is 14.2. The number of pyridine rings is 1. The Kier molecular flexibility index (Phi) is 4.16. The zero-order valence-corrected chi connectivity index (χ0v) is 15.9. The molecule has 1 aliphatic heterocycles. The number of rotatable bonds is 3. The van der Waals surface area contributed by atoms with Crippen molar-refractivity contribution in [3.05, 3.63) is 78.0 Å². The molecule has 0 unspecified atom stereocenters. The van der Waals surface area contributed by atoms with E-state index in [9.17, 15) is 4.79 Å². The highest BCUT2D eigenvalue weighted by Crippen LogP contribution is 2.30. The minimum atomic E-state index is -0.0735. The van der Waals surface area contributed by atoms with E-state index >= 15 is 0 Å². The van der Waals surface area contributed by atoms with Crippen LogP contribution in [0.25, 0.3) is 17.2 Å². The van der Waals surface area contributed by atoms with Crippen LogP contribution in [0.3, 0.4) is 0 Å². The molecule has 0 bridgehead atoms. The molecule has 0 saturated carbocycles. The van der Waals surface area contributed by atoms with Gasteiger partial charge in [-0.1, -0.05) is 24.3 Å². The minimum Gasteiger partial charge on any atom is -0.332 e. The molecule has 1 aromatic carbocycles. The topological polar surface area (TPSA) is 81.7 Å². The summed E-state index contributed by atoms with van der Waals surface area (Å²) in [5, 5.41) is 13.2. The molecule has 3 aromatic heterocycles. The van der Waals surface area contributed by atoms with Gasteiger partial charge >= 0.3 is 0 Å². The number of carbonyl (C=O) groups is 1. The van der Waals surface area contributed by atoms with E-state index in [1.807, 2.05) is 57.6 Å². The lowest BCUT2D eigenvalue weighted by Gasteiger charge is -2.27. The molecule has 0 radical (unpaired) electrons. The molecule has 0 atom stereocenters. The molecule has 0 aliphatic carbocycles. The molecule has 4 heterocycles. The van der Waals surface area contributed by atoms with Gasteiger partial charge in [-0.3, -0.25) is 19.0 Å². The summed E-state index contributed by atoms with van der Waals surface area (Å²) < 4.78 is 3.80. The number of hydrogen-bond acceptors (Lipinski definition) is 5. The zero-order valence-electron chi connectivity index (χ0n) is 15.9. The normalized spacial score (nSPS) is 13.3. The predicted octanol–water partition coefficient (Wildman–Crippen LogP) is 2.26. The number of para-hydroxylation sites is 1. The van der Waals surface area contributed by atoms with Crippen molar-refractivity contribution in [3.63, 3.8) is 0 Å². The number of nitrogens with zero attached hydrogens (tertiary/aromatic N) is 7. The molecule has 144 valence electrons. The molecular weight excluding hydrogens is 366 g/mol. The van der Waals surface area contributed by atoms with Crippen molar-refractivity contribution in [2.24, 2.45) is 7.05 Å². The maximum Gasteiger partial charge on any atom is 0.272 e. The third-order valence-electron chi connectivity index (χ3n) is 5.21. The lowest BCUT2D eigenvalue weighted by atomic mass is 10.0. The number of fused-ring (bicyclic) bond motifs is 1. The Labute approximate surface area is 167 Å². The van der Waals surface area contributed by atoms with Crippen LogP contribution in [0.15, 0.2) is 61.1 Å². The Morgan fingerprint density at radius 1 is 1.07 bits per heavy atom. The maximum absolute atomic E-state index is 12.9. The second-order valence-electron chi connectivity index (χ2n) is 6.95. The van der Waals surface area contributed by atoms with E-state index in [4.69, 9.17) is 5.10 Å². The molecule has 0 N–H and O–H groups in total.